The van der Waals surface area contributed by atoms with Crippen molar-refractivity contribution in [3.8, 4) is 5.75 Å². The van der Waals surface area contributed by atoms with Gasteiger partial charge < -0.3 is 16.2 Å². The first-order valence-electron chi connectivity index (χ1n) is 5.93. The second-order valence-corrected chi connectivity index (χ2v) is 4.06. The average molecular weight is 260 g/mol. The van der Waals surface area contributed by atoms with E-state index >= 15 is 0 Å². The summed E-state index contributed by atoms with van der Waals surface area (Å²) in [5, 5.41) is 4.02. The summed E-state index contributed by atoms with van der Waals surface area (Å²) in [7, 11) is 0. The zero-order valence-corrected chi connectivity index (χ0v) is 10.5. The summed E-state index contributed by atoms with van der Waals surface area (Å²) in [4.78, 5) is 10.9. The van der Waals surface area contributed by atoms with E-state index in [4.69, 9.17) is 16.2 Å². The number of rotatable bonds is 6. The molecule has 0 saturated carbocycles. The lowest BCUT2D eigenvalue weighted by Crippen LogP contribution is -2.11. The van der Waals surface area contributed by atoms with Gasteiger partial charge in [-0.25, -0.2) is 0 Å². The number of amides is 1. The maximum Gasteiger partial charge on any atom is 0.251 e. The number of nitrogens with zero attached hydrogens (tertiary/aromatic N) is 2. The second-order valence-electron chi connectivity index (χ2n) is 4.06. The van der Waals surface area contributed by atoms with Crippen molar-refractivity contribution in [3.63, 3.8) is 0 Å². The molecule has 2 rings (SSSR count). The first-order valence-corrected chi connectivity index (χ1v) is 5.93. The number of carbonyl (C=O) groups excluding carboxylic acids is 1. The molecule has 6 nitrogen and oxygen atoms in total. The summed E-state index contributed by atoms with van der Waals surface area (Å²) in [5.41, 5.74) is 12.1. The quantitative estimate of drug-likeness (QED) is 0.791. The Balaban J connectivity index is 1.86. The van der Waals surface area contributed by atoms with Gasteiger partial charge in [0.25, 0.3) is 5.91 Å². The van der Waals surface area contributed by atoms with E-state index in [0.717, 1.165) is 11.3 Å². The summed E-state index contributed by atoms with van der Waals surface area (Å²) in [6.45, 7) is 1.48. The molecule has 2 aromatic rings. The van der Waals surface area contributed by atoms with Crippen LogP contribution in [0.4, 0.5) is 0 Å². The number of nitrogens with two attached hydrogens (primary N) is 2. The van der Waals surface area contributed by atoms with Gasteiger partial charge in [0.05, 0.1) is 18.3 Å². The van der Waals surface area contributed by atoms with Gasteiger partial charge in [-0.3, -0.25) is 9.48 Å². The Bertz CT molecular complexity index is 565. The van der Waals surface area contributed by atoms with E-state index in [-0.39, 0.29) is 0 Å². The van der Waals surface area contributed by atoms with E-state index in [1.54, 1.807) is 10.9 Å². The lowest BCUT2D eigenvalue weighted by molar-refractivity contribution is 0.1000. The van der Waals surface area contributed by atoms with E-state index in [1.165, 1.54) is 6.20 Å². The van der Waals surface area contributed by atoms with Crippen LogP contribution in [0.2, 0.25) is 0 Å². The summed E-state index contributed by atoms with van der Waals surface area (Å²) < 4.78 is 7.21. The number of benzene rings is 1. The molecule has 4 N–H and O–H groups in total. The van der Waals surface area contributed by atoms with E-state index in [9.17, 15) is 4.79 Å². The minimum atomic E-state index is -0.484. The van der Waals surface area contributed by atoms with Crippen molar-refractivity contribution in [3.05, 3.63) is 47.8 Å². The Labute approximate surface area is 111 Å². The molecule has 6 heteroatoms. The number of hydrogen-bond acceptors (Lipinski definition) is 4. The molecule has 1 amide bonds. The van der Waals surface area contributed by atoms with Crippen molar-refractivity contribution < 1.29 is 9.53 Å². The minimum Gasteiger partial charge on any atom is -0.492 e. The van der Waals surface area contributed by atoms with E-state index in [1.807, 2.05) is 24.3 Å². The molecule has 0 aliphatic heterocycles. The Morgan fingerprint density at radius 2 is 2.26 bits per heavy atom. The van der Waals surface area contributed by atoms with Gasteiger partial charge in [0.15, 0.2) is 0 Å². The van der Waals surface area contributed by atoms with Crippen LogP contribution in [0.5, 0.6) is 5.75 Å². The van der Waals surface area contributed by atoms with Gasteiger partial charge >= 0.3 is 0 Å². The Kier molecular flexibility index (Phi) is 4.15. The smallest absolute Gasteiger partial charge is 0.251 e. The molecular weight excluding hydrogens is 244 g/mol. The molecule has 0 spiro atoms. The summed E-state index contributed by atoms with van der Waals surface area (Å²) in [6.07, 6.45) is 3.04. The van der Waals surface area contributed by atoms with Crippen LogP contribution in [-0.2, 0) is 13.1 Å². The number of hydrogen-bond donors (Lipinski definition) is 2. The third kappa shape index (κ3) is 3.56. The molecule has 19 heavy (non-hydrogen) atoms. The van der Waals surface area contributed by atoms with Crippen LogP contribution in [0.15, 0.2) is 36.7 Å². The average Bonchev–Trinajstić information content (AvgIpc) is 2.88. The van der Waals surface area contributed by atoms with Crippen molar-refractivity contribution in [2.24, 2.45) is 11.5 Å². The van der Waals surface area contributed by atoms with Crippen molar-refractivity contribution in [1.29, 1.82) is 0 Å². The third-order valence-electron chi connectivity index (χ3n) is 2.64. The Hall–Kier alpha value is -2.34. The van der Waals surface area contributed by atoms with Gasteiger partial charge in [0.2, 0.25) is 0 Å². The molecule has 1 aromatic heterocycles. The van der Waals surface area contributed by atoms with E-state index < -0.39 is 5.91 Å². The Morgan fingerprint density at radius 3 is 2.95 bits per heavy atom. The van der Waals surface area contributed by atoms with Gasteiger partial charge in [-0.05, 0) is 17.7 Å². The maximum atomic E-state index is 10.9. The van der Waals surface area contributed by atoms with Gasteiger partial charge in [-0.15, -0.1) is 0 Å². The van der Waals surface area contributed by atoms with Crippen molar-refractivity contribution in [1.82, 2.24) is 9.78 Å². The van der Waals surface area contributed by atoms with Gasteiger partial charge in [-0.2, -0.15) is 5.10 Å². The lowest BCUT2D eigenvalue weighted by Gasteiger charge is -2.07. The molecular formula is C13H16N4O2. The highest BCUT2D eigenvalue weighted by atomic mass is 16.5. The fourth-order valence-electron chi connectivity index (χ4n) is 1.63. The predicted molar refractivity (Wildman–Crippen MR) is 70.6 cm³/mol. The molecule has 0 unspecified atom stereocenters. The topological polar surface area (TPSA) is 96.2 Å². The van der Waals surface area contributed by atoms with Crippen LogP contribution in [0.3, 0.4) is 0 Å². The van der Waals surface area contributed by atoms with Gasteiger partial charge in [0, 0.05) is 12.7 Å². The molecule has 0 saturated heterocycles. The number of aromatic nitrogens is 2. The standard InChI is InChI=1S/C13H16N4O2/c14-7-10-2-1-3-12(6-10)19-5-4-17-9-11(8-16-17)13(15)18/h1-3,6,8-9H,4-5,7,14H2,(H2,15,18). The first-order chi connectivity index (χ1) is 9.19. The van der Waals surface area contributed by atoms with Crippen LogP contribution in [0, 0.1) is 0 Å². The molecule has 1 heterocycles. The predicted octanol–water partition coefficient (Wildman–Crippen LogP) is 0.520. The monoisotopic (exact) mass is 260 g/mol. The zero-order valence-electron chi connectivity index (χ0n) is 10.5. The highest BCUT2D eigenvalue weighted by Crippen LogP contribution is 2.12. The summed E-state index contributed by atoms with van der Waals surface area (Å²) in [6, 6.07) is 7.62. The third-order valence-corrected chi connectivity index (χ3v) is 2.64. The molecule has 0 bridgehead atoms. The van der Waals surface area contributed by atoms with E-state index in [0.29, 0.717) is 25.3 Å². The molecule has 1 aromatic carbocycles. The molecule has 0 radical (unpaired) electrons. The van der Waals surface area contributed by atoms with Crippen molar-refractivity contribution >= 4 is 5.91 Å². The first kappa shape index (κ1) is 13.1. The van der Waals surface area contributed by atoms with Crippen LogP contribution in [0.25, 0.3) is 0 Å². The zero-order chi connectivity index (χ0) is 13.7. The highest BCUT2D eigenvalue weighted by molar-refractivity contribution is 5.92. The number of primary amides is 1. The molecule has 100 valence electrons. The van der Waals surface area contributed by atoms with Crippen molar-refractivity contribution in [2.45, 2.75) is 13.1 Å². The summed E-state index contributed by atoms with van der Waals surface area (Å²) >= 11 is 0. The van der Waals surface area contributed by atoms with Crippen LogP contribution in [0.1, 0.15) is 15.9 Å². The maximum absolute atomic E-state index is 10.9. The largest absolute Gasteiger partial charge is 0.492 e. The lowest BCUT2D eigenvalue weighted by atomic mass is 10.2. The molecule has 0 aliphatic carbocycles. The molecule has 0 aliphatic rings. The second kappa shape index (κ2) is 6.01. The molecule has 0 atom stereocenters. The van der Waals surface area contributed by atoms with Crippen LogP contribution >= 0.6 is 0 Å². The minimum absolute atomic E-state index is 0.394. The van der Waals surface area contributed by atoms with Crippen molar-refractivity contribution in [2.75, 3.05) is 6.61 Å². The number of ether oxygens (including phenoxy) is 1. The molecule has 0 fully saturated rings. The Morgan fingerprint density at radius 1 is 1.42 bits per heavy atom. The van der Waals surface area contributed by atoms with Gasteiger partial charge in [-0.1, -0.05) is 12.1 Å². The van der Waals surface area contributed by atoms with E-state index in [2.05, 4.69) is 5.10 Å². The number of carbonyl (C=O) groups is 1. The van der Waals surface area contributed by atoms with Crippen LogP contribution < -0.4 is 16.2 Å². The SMILES string of the molecule is NCc1cccc(OCCn2cc(C(N)=O)cn2)c1. The fourth-order valence-corrected chi connectivity index (χ4v) is 1.63. The van der Waals surface area contributed by atoms with Gasteiger partial charge in [0.1, 0.15) is 12.4 Å². The van der Waals surface area contributed by atoms with Crippen LogP contribution in [-0.4, -0.2) is 22.3 Å². The highest BCUT2D eigenvalue weighted by Gasteiger charge is 2.03. The summed E-state index contributed by atoms with van der Waals surface area (Å²) in [5.74, 6) is 0.285. The normalized spacial score (nSPS) is 10.4. The fraction of sp³-hybridized carbons (Fsp3) is 0.231.